The van der Waals surface area contributed by atoms with Gasteiger partial charge in [0.2, 0.25) is 0 Å². The van der Waals surface area contributed by atoms with Crippen LogP contribution in [0.15, 0.2) is 4.90 Å². The smallest absolute Gasteiger partial charge is 0.261 e. The first kappa shape index (κ1) is 17.7. The molecule has 0 atom stereocenters. The van der Waals surface area contributed by atoms with Gasteiger partial charge in [-0.25, -0.2) is 8.42 Å². The molecule has 0 aliphatic heterocycles. The number of amides is 1. The zero-order valence-corrected chi connectivity index (χ0v) is 13.8. The largest absolute Gasteiger partial charge is 0.396 e. The van der Waals surface area contributed by atoms with E-state index in [1.54, 1.807) is 7.11 Å². The van der Waals surface area contributed by atoms with Crippen molar-refractivity contribution in [1.29, 1.82) is 0 Å². The van der Waals surface area contributed by atoms with Gasteiger partial charge in [-0.15, -0.1) is 11.3 Å². The van der Waals surface area contributed by atoms with Crippen LogP contribution < -0.4 is 16.8 Å². The molecule has 0 saturated heterocycles. The molecule has 1 aromatic rings. The second-order valence-electron chi connectivity index (χ2n) is 4.62. The van der Waals surface area contributed by atoms with Crippen molar-refractivity contribution in [2.45, 2.75) is 24.2 Å². The summed E-state index contributed by atoms with van der Waals surface area (Å²) in [5, 5.41) is 3.39. The number of sulfone groups is 1. The fraction of sp³-hybridized carbons (Fsp3) is 0.583. The number of methoxy groups -OCH3 is 1. The van der Waals surface area contributed by atoms with E-state index in [0.717, 1.165) is 36.9 Å². The number of hydrogen-bond acceptors (Lipinski definition) is 7. The molecule has 1 aromatic heterocycles. The highest BCUT2D eigenvalue weighted by atomic mass is 32.2. The third-order valence-corrected chi connectivity index (χ3v) is 5.28. The van der Waals surface area contributed by atoms with Gasteiger partial charge in [0.05, 0.1) is 5.69 Å². The molecule has 120 valence electrons. The molecule has 9 heteroatoms. The van der Waals surface area contributed by atoms with E-state index < -0.39 is 15.7 Å². The predicted octanol–water partition coefficient (Wildman–Crippen LogP) is 1.06. The fourth-order valence-electron chi connectivity index (χ4n) is 1.85. The number of anilines is 2. The second kappa shape index (κ2) is 7.62. The van der Waals surface area contributed by atoms with Crippen molar-refractivity contribution >= 4 is 37.8 Å². The lowest BCUT2D eigenvalue weighted by Crippen LogP contribution is -2.12. The molecule has 0 aliphatic rings. The van der Waals surface area contributed by atoms with Gasteiger partial charge in [0, 0.05) is 26.5 Å². The van der Waals surface area contributed by atoms with E-state index in [1.807, 2.05) is 0 Å². The maximum atomic E-state index is 11.8. The van der Waals surface area contributed by atoms with Crippen molar-refractivity contribution in [3.63, 3.8) is 0 Å². The molecule has 1 heterocycles. The average Bonchev–Trinajstić information content (AvgIpc) is 2.70. The van der Waals surface area contributed by atoms with E-state index in [9.17, 15) is 13.2 Å². The summed E-state index contributed by atoms with van der Waals surface area (Å²) in [6, 6.07) is 0. The first-order valence-electron chi connectivity index (χ1n) is 6.44. The topological polar surface area (TPSA) is 125 Å². The van der Waals surface area contributed by atoms with Crippen molar-refractivity contribution in [2.75, 3.05) is 37.6 Å². The van der Waals surface area contributed by atoms with E-state index in [0.29, 0.717) is 18.2 Å². The Kier molecular flexibility index (Phi) is 6.43. The monoisotopic (exact) mass is 335 g/mol. The Morgan fingerprint density at radius 3 is 2.52 bits per heavy atom. The Morgan fingerprint density at radius 1 is 1.33 bits per heavy atom. The van der Waals surface area contributed by atoms with Gasteiger partial charge in [-0.2, -0.15) is 0 Å². The predicted molar refractivity (Wildman–Crippen MR) is 84.6 cm³/mol. The molecule has 0 aliphatic carbocycles. The molecule has 0 spiro atoms. The zero-order valence-electron chi connectivity index (χ0n) is 12.1. The molecule has 0 fully saturated rings. The van der Waals surface area contributed by atoms with Gasteiger partial charge in [0.25, 0.3) is 5.91 Å². The van der Waals surface area contributed by atoms with Gasteiger partial charge < -0.3 is 21.5 Å². The van der Waals surface area contributed by atoms with Gasteiger partial charge in [-0.1, -0.05) is 0 Å². The number of primary amides is 1. The van der Waals surface area contributed by atoms with Crippen molar-refractivity contribution in [3.05, 3.63) is 4.88 Å². The SMILES string of the molecule is COCCCCCNc1sc(C(N)=O)c(N)c1S(C)(=O)=O. The molecular formula is C12H21N3O4S2. The van der Waals surface area contributed by atoms with Crippen molar-refractivity contribution in [1.82, 2.24) is 0 Å². The number of carbonyl (C=O) groups excluding carboxylic acids is 1. The van der Waals surface area contributed by atoms with Crippen molar-refractivity contribution in [3.8, 4) is 0 Å². The second-order valence-corrected chi connectivity index (χ2v) is 7.59. The van der Waals surface area contributed by atoms with Crippen LogP contribution in [0.25, 0.3) is 0 Å². The summed E-state index contributed by atoms with van der Waals surface area (Å²) in [5.41, 5.74) is 10.9. The molecular weight excluding hydrogens is 314 g/mol. The molecule has 0 bridgehead atoms. The van der Waals surface area contributed by atoms with E-state index in [-0.39, 0.29) is 15.5 Å². The number of nitrogens with one attached hydrogen (secondary N) is 1. The number of nitrogens with two attached hydrogens (primary N) is 2. The van der Waals surface area contributed by atoms with Crippen molar-refractivity contribution < 1.29 is 17.9 Å². The molecule has 1 rings (SSSR count). The number of nitrogen functional groups attached to an aromatic ring is 1. The maximum Gasteiger partial charge on any atom is 0.261 e. The van der Waals surface area contributed by atoms with Crippen molar-refractivity contribution in [2.24, 2.45) is 5.73 Å². The molecule has 5 N–H and O–H groups in total. The zero-order chi connectivity index (χ0) is 16.0. The van der Waals surface area contributed by atoms with Gasteiger partial charge in [-0.05, 0) is 19.3 Å². The highest BCUT2D eigenvalue weighted by molar-refractivity contribution is 7.91. The molecule has 21 heavy (non-hydrogen) atoms. The lowest BCUT2D eigenvalue weighted by atomic mass is 10.2. The summed E-state index contributed by atoms with van der Waals surface area (Å²) >= 11 is 0.975. The third kappa shape index (κ3) is 4.87. The van der Waals surface area contributed by atoms with E-state index >= 15 is 0 Å². The Bertz CT molecular complexity index is 596. The number of thiophene rings is 1. The summed E-state index contributed by atoms with van der Waals surface area (Å²) in [4.78, 5) is 11.3. The van der Waals surface area contributed by atoms with E-state index in [4.69, 9.17) is 16.2 Å². The summed E-state index contributed by atoms with van der Waals surface area (Å²) < 4.78 is 28.6. The molecule has 0 saturated carbocycles. The molecule has 1 amide bonds. The first-order chi connectivity index (χ1) is 9.79. The van der Waals surface area contributed by atoms with Gasteiger partial charge in [-0.3, -0.25) is 4.79 Å². The highest BCUT2D eigenvalue weighted by Gasteiger charge is 2.25. The summed E-state index contributed by atoms with van der Waals surface area (Å²) in [6.45, 7) is 1.29. The van der Waals surface area contributed by atoms with E-state index in [2.05, 4.69) is 5.32 Å². The maximum absolute atomic E-state index is 11.8. The molecule has 0 unspecified atom stereocenters. The van der Waals surface area contributed by atoms with E-state index in [1.165, 1.54) is 0 Å². The summed E-state index contributed by atoms with van der Waals surface area (Å²) in [6.07, 6.45) is 3.81. The lowest BCUT2D eigenvalue weighted by Gasteiger charge is -2.06. The number of carbonyl (C=O) groups is 1. The van der Waals surface area contributed by atoms with Gasteiger partial charge >= 0.3 is 0 Å². The fourth-order valence-corrected chi connectivity index (χ4v) is 4.29. The normalized spacial score (nSPS) is 11.5. The molecule has 0 aromatic carbocycles. The minimum absolute atomic E-state index is 0.0433. The summed E-state index contributed by atoms with van der Waals surface area (Å²) in [5.74, 6) is -0.726. The van der Waals surface area contributed by atoms with Crippen LogP contribution in [0.2, 0.25) is 0 Å². The Balaban J connectivity index is 2.82. The van der Waals surface area contributed by atoms with Crippen LogP contribution in [0.1, 0.15) is 28.9 Å². The Morgan fingerprint density at radius 2 is 2.00 bits per heavy atom. The Hall–Kier alpha value is -1.32. The van der Waals surface area contributed by atoms with Crippen LogP contribution in [-0.2, 0) is 14.6 Å². The molecule has 7 nitrogen and oxygen atoms in total. The van der Waals surface area contributed by atoms with Gasteiger partial charge in [0.1, 0.15) is 14.8 Å². The summed E-state index contributed by atoms with van der Waals surface area (Å²) in [7, 11) is -1.88. The molecule has 0 radical (unpaired) electrons. The van der Waals surface area contributed by atoms with Crippen LogP contribution in [0.3, 0.4) is 0 Å². The van der Waals surface area contributed by atoms with Gasteiger partial charge in [0.15, 0.2) is 9.84 Å². The van der Waals surface area contributed by atoms with Crippen LogP contribution in [0.4, 0.5) is 10.7 Å². The third-order valence-electron chi connectivity index (χ3n) is 2.80. The number of ether oxygens (including phenoxy) is 1. The lowest BCUT2D eigenvalue weighted by molar-refractivity contribution is 0.100. The quantitative estimate of drug-likeness (QED) is 0.580. The minimum Gasteiger partial charge on any atom is -0.396 e. The minimum atomic E-state index is -3.53. The average molecular weight is 335 g/mol. The van der Waals surface area contributed by atoms with Crippen LogP contribution in [-0.4, -0.2) is 40.8 Å². The van der Waals surface area contributed by atoms with Crippen LogP contribution >= 0.6 is 11.3 Å². The van der Waals surface area contributed by atoms with Crippen LogP contribution in [0.5, 0.6) is 0 Å². The standard InChI is InChI=1S/C12H21N3O4S2/c1-19-7-5-3-4-6-15-12-10(21(2,17)18)8(13)9(20-12)11(14)16/h15H,3-7,13H2,1-2H3,(H2,14,16). The highest BCUT2D eigenvalue weighted by Crippen LogP contribution is 2.38. The van der Waals surface area contributed by atoms with Crippen LogP contribution in [0, 0.1) is 0 Å². The Labute approximate surface area is 128 Å². The number of rotatable bonds is 9. The number of hydrogen-bond donors (Lipinski definition) is 3. The first-order valence-corrected chi connectivity index (χ1v) is 9.14. The number of unbranched alkanes of at least 4 members (excludes halogenated alkanes) is 2.